The molecule has 0 heterocycles. The molecule has 0 radical (unpaired) electrons. The fourth-order valence-corrected chi connectivity index (χ4v) is 1.07. The van der Waals surface area contributed by atoms with Crippen LogP contribution in [-0.4, -0.2) is 17.7 Å². The highest BCUT2D eigenvalue weighted by Crippen LogP contribution is 2.08. The fourth-order valence-electron chi connectivity index (χ4n) is 1.07. The first-order valence-electron chi connectivity index (χ1n) is 5.13. The molecule has 0 aliphatic heterocycles. The highest BCUT2D eigenvalue weighted by molar-refractivity contribution is 5.68. The van der Waals surface area contributed by atoms with E-state index in [-0.39, 0.29) is 0 Å². The Labute approximate surface area is 91.6 Å². The smallest absolute Gasteiger partial charge is 0.408 e. The molecule has 4 nitrogen and oxygen atoms in total. The van der Waals surface area contributed by atoms with Crippen LogP contribution in [0.4, 0.5) is 4.79 Å². The van der Waals surface area contributed by atoms with E-state index < -0.39 is 17.7 Å². The van der Waals surface area contributed by atoms with Crippen molar-refractivity contribution in [2.75, 3.05) is 0 Å². The first-order valence-corrected chi connectivity index (χ1v) is 5.13. The van der Waals surface area contributed by atoms with E-state index in [0.717, 1.165) is 0 Å². The average Bonchev–Trinajstić information content (AvgIpc) is 1.98. The summed E-state index contributed by atoms with van der Waals surface area (Å²) in [6.07, 6.45) is 0.102. The SMILES string of the molecule is CC(C)C[C@H](C#N)NC(=O)OC(C)(C)C. The van der Waals surface area contributed by atoms with Gasteiger partial charge in [0.2, 0.25) is 0 Å². The van der Waals surface area contributed by atoms with Crippen molar-refractivity contribution in [3.63, 3.8) is 0 Å². The number of nitriles is 1. The summed E-state index contributed by atoms with van der Waals surface area (Å²) < 4.78 is 5.05. The van der Waals surface area contributed by atoms with E-state index in [9.17, 15) is 4.79 Å². The zero-order valence-electron chi connectivity index (χ0n) is 10.1. The van der Waals surface area contributed by atoms with Crippen molar-refractivity contribution in [3.05, 3.63) is 0 Å². The van der Waals surface area contributed by atoms with Crippen LogP contribution in [0, 0.1) is 17.2 Å². The molecule has 1 N–H and O–H groups in total. The van der Waals surface area contributed by atoms with Gasteiger partial charge in [0.1, 0.15) is 11.6 Å². The second-order valence-electron chi connectivity index (χ2n) is 4.96. The Bertz CT molecular complexity index is 248. The van der Waals surface area contributed by atoms with Crippen LogP contribution in [0.15, 0.2) is 0 Å². The summed E-state index contributed by atoms with van der Waals surface area (Å²) in [6, 6.07) is 1.57. The molecule has 0 rings (SSSR count). The van der Waals surface area contributed by atoms with Crippen molar-refractivity contribution >= 4 is 6.09 Å². The Morgan fingerprint density at radius 1 is 1.47 bits per heavy atom. The van der Waals surface area contributed by atoms with Gasteiger partial charge >= 0.3 is 6.09 Å². The molecule has 0 saturated carbocycles. The largest absolute Gasteiger partial charge is 0.444 e. The number of rotatable bonds is 3. The van der Waals surface area contributed by atoms with Crippen LogP contribution in [-0.2, 0) is 4.74 Å². The number of hydrogen-bond acceptors (Lipinski definition) is 3. The quantitative estimate of drug-likeness (QED) is 0.781. The topological polar surface area (TPSA) is 62.1 Å². The van der Waals surface area contributed by atoms with E-state index in [4.69, 9.17) is 10.00 Å². The first-order chi connectivity index (χ1) is 6.74. The van der Waals surface area contributed by atoms with Crippen molar-refractivity contribution in [2.24, 2.45) is 5.92 Å². The molecule has 0 spiro atoms. The van der Waals surface area contributed by atoms with E-state index in [1.807, 2.05) is 19.9 Å². The lowest BCUT2D eigenvalue weighted by Gasteiger charge is -2.21. The van der Waals surface area contributed by atoms with E-state index in [2.05, 4.69) is 5.32 Å². The van der Waals surface area contributed by atoms with Crippen LogP contribution in [0.25, 0.3) is 0 Å². The number of nitrogens with one attached hydrogen (secondary N) is 1. The number of carbonyl (C=O) groups excluding carboxylic acids is 1. The number of nitrogens with zero attached hydrogens (tertiary/aromatic N) is 1. The third kappa shape index (κ3) is 7.80. The highest BCUT2D eigenvalue weighted by Gasteiger charge is 2.19. The molecule has 0 aromatic carbocycles. The van der Waals surface area contributed by atoms with Crippen molar-refractivity contribution in [1.29, 1.82) is 5.26 Å². The lowest BCUT2D eigenvalue weighted by Crippen LogP contribution is -2.39. The lowest BCUT2D eigenvalue weighted by atomic mass is 10.1. The molecule has 0 bridgehead atoms. The van der Waals surface area contributed by atoms with Gasteiger partial charge in [0.05, 0.1) is 6.07 Å². The van der Waals surface area contributed by atoms with Crippen molar-refractivity contribution in [1.82, 2.24) is 5.32 Å². The van der Waals surface area contributed by atoms with Gasteiger partial charge in [0.15, 0.2) is 0 Å². The Balaban J connectivity index is 4.10. The molecule has 0 aliphatic carbocycles. The minimum atomic E-state index is -0.533. The van der Waals surface area contributed by atoms with Gasteiger partial charge in [-0.3, -0.25) is 0 Å². The molecule has 0 fully saturated rings. The molecule has 0 aromatic heterocycles. The van der Waals surface area contributed by atoms with Crippen LogP contribution in [0.2, 0.25) is 0 Å². The van der Waals surface area contributed by atoms with Crippen LogP contribution in [0.5, 0.6) is 0 Å². The third-order valence-electron chi connectivity index (χ3n) is 1.55. The van der Waals surface area contributed by atoms with Crippen LogP contribution < -0.4 is 5.32 Å². The van der Waals surface area contributed by atoms with Gasteiger partial charge < -0.3 is 10.1 Å². The summed E-state index contributed by atoms with van der Waals surface area (Å²) in [5, 5.41) is 11.3. The van der Waals surface area contributed by atoms with Gasteiger partial charge in [0, 0.05) is 0 Å². The van der Waals surface area contributed by atoms with E-state index in [1.54, 1.807) is 20.8 Å². The predicted octanol–water partition coefficient (Wildman–Crippen LogP) is 2.45. The van der Waals surface area contributed by atoms with Crippen LogP contribution in [0.3, 0.4) is 0 Å². The van der Waals surface area contributed by atoms with Gasteiger partial charge in [-0.05, 0) is 33.1 Å². The van der Waals surface area contributed by atoms with Crippen molar-refractivity contribution in [3.8, 4) is 6.07 Å². The van der Waals surface area contributed by atoms with E-state index >= 15 is 0 Å². The summed E-state index contributed by atoms with van der Waals surface area (Å²) in [7, 11) is 0. The second kappa shape index (κ2) is 5.59. The monoisotopic (exact) mass is 212 g/mol. The standard InChI is InChI=1S/C11H20N2O2/c1-8(2)6-9(7-12)13-10(14)15-11(3,4)5/h8-9H,6H2,1-5H3,(H,13,14)/t9-/m1/s1. The van der Waals surface area contributed by atoms with Gasteiger partial charge in [-0.1, -0.05) is 13.8 Å². The molecule has 1 amide bonds. The van der Waals surface area contributed by atoms with Crippen molar-refractivity contribution in [2.45, 2.75) is 52.7 Å². The lowest BCUT2D eigenvalue weighted by molar-refractivity contribution is 0.0512. The van der Waals surface area contributed by atoms with Crippen molar-refractivity contribution < 1.29 is 9.53 Å². The second-order valence-corrected chi connectivity index (χ2v) is 4.96. The Morgan fingerprint density at radius 3 is 2.33 bits per heavy atom. The average molecular weight is 212 g/mol. The third-order valence-corrected chi connectivity index (χ3v) is 1.55. The number of alkyl carbamates (subject to hydrolysis) is 1. The molecule has 0 saturated heterocycles. The zero-order chi connectivity index (χ0) is 12.1. The molecular weight excluding hydrogens is 192 g/mol. The fraction of sp³-hybridized carbons (Fsp3) is 0.818. The highest BCUT2D eigenvalue weighted by atomic mass is 16.6. The molecule has 86 valence electrons. The van der Waals surface area contributed by atoms with E-state index in [0.29, 0.717) is 12.3 Å². The Hall–Kier alpha value is -1.24. The van der Waals surface area contributed by atoms with Gasteiger partial charge in [-0.15, -0.1) is 0 Å². The summed E-state index contributed by atoms with van der Waals surface area (Å²) in [5.74, 6) is 0.365. The summed E-state index contributed by atoms with van der Waals surface area (Å²) >= 11 is 0. The van der Waals surface area contributed by atoms with Gasteiger partial charge in [-0.2, -0.15) is 5.26 Å². The van der Waals surface area contributed by atoms with Crippen LogP contribution in [0.1, 0.15) is 41.0 Å². The summed E-state index contributed by atoms with van der Waals surface area (Å²) in [4.78, 5) is 11.3. The molecular formula is C11H20N2O2. The maximum atomic E-state index is 11.3. The normalized spacial score (nSPS) is 13.1. The number of hydrogen-bond donors (Lipinski definition) is 1. The number of ether oxygens (including phenoxy) is 1. The van der Waals surface area contributed by atoms with Gasteiger partial charge in [0.25, 0.3) is 0 Å². The Morgan fingerprint density at radius 2 is 2.00 bits per heavy atom. The number of carbonyl (C=O) groups is 1. The summed E-state index contributed by atoms with van der Waals surface area (Å²) in [6.45, 7) is 9.37. The maximum Gasteiger partial charge on any atom is 0.408 e. The molecule has 4 heteroatoms. The summed E-state index contributed by atoms with van der Waals surface area (Å²) in [5.41, 5.74) is -0.526. The first kappa shape index (κ1) is 13.8. The molecule has 0 unspecified atom stereocenters. The van der Waals surface area contributed by atoms with Gasteiger partial charge in [-0.25, -0.2) is 4.79 Å². The minimum Gasteiger partial charge on any atom is -0.444 e. The molecule has 15 heavy (non-hydrogen) atoms. The Kier molecular flexibility index (Phi) is 5.13. The van der Waals surface area contributed by atoms with E-state index in [1.165, 1.54) is 0 Å². The molecule has 1 atom stereocenters. The molecule has 0 aromatic rings. The van der Waals surface area contributed by atoms with Crippen LogP contribution >= 0.6 is 0 Å². The molecule has 0 aliphatic rings. The minimum absolute atomic E-state index is 0.365. The zero-order valence-corrected chi connectivity index (χ0v) is 10.1. The maximum absolute atomic E-state index is 11.3. The predicted molar refractivity (Wildman–Crippen MR) is 58.2 cm³/mol. The number of amides is 1.